The number of alkyl halides is 3. The summed E-state index contributed by atoms with van der Waals surface area (Å²) < 4.78 is 59.3. The van der Waals surface area contributed by atoms with Gasteiger partial charge in [0.25, 0.3) is 0 Å². The van der Waals surface area contributed by atoms with Gasteiger partial charge in [0.1, 0.15) is 6.23 Å². The van der Waals surface area contributed by atoms with Crippen LogP contribution < -0.4 is 4.72 Å². The summed E-state index contributed by atoms with van der Waals surface area (Å²) >= 11 is -2.85. The number of nitrogens with one attached hydrogen (secondary N) is 1. The van der Waals surface area contributed by atoms with E-state index in [1.807, 2.05) is 0 Å². The van der Waals surface area contributed by atoms with Gasteiger partial charge in [0, 0.05) is 16.8 Å². The number of aliphatic hydroxyl groups excluding tert-OH is 1. The van der Waals surface area contributed by atoms with Gasteiger partial charge in [-0.3, -0.25) is 4.21 Å². The van der Waals surface area contributed by atoms with Crippen molar-refractivity contribution < 1.29 is 27.0 Å². The zero-order valence-electron chi connectivity index (χ0n) is 7.69. The van der Waals surface area contributed by atoms with Gasteiger partial charge in [-0.15, -0.1) is 0 Å². The highest BCUT2D eigenvalue weighted by Gasteiger charge is 2.34. The summed E-state index contributed by atoms with van der Waals surface area (Å²) in [7, 11) is 0. The maximum Gasteiger partial charge on any atom is 0.416 e. The van der Waals surface area contributed by atoms with E-state index in [2.05, 4.69) is 0 Å². The van der Waals surface area contributed by atoms with E-state index in [0.717, 1.165) is 18.2 Å². The largest absolute Gasteiger partial charge is 0.760 e. The van der Waals surface area contributed by atoms with Crippen molar-refractivity contribution in [2.24, 2.45) is 0 Å². The summed E-state index contributed by atoms with van der Waals surface area (Å²) in [5.74, 6) is 0. The van der Waals surface area contributed by atoms with E-state index < -0.39 is 34.8 Å². The lowest BCUT2D eigenvalue weighted by Gasteiger charge is -2.19. The Hall–Kier alpha value is -0.960. The number of benzene rings is 1. The van der Waals surface area contributed by atoms with Crippen LogP contribution in [0.25, 0.3) is 0 Å². The Labute approximate surface area is 91.5 Å². The highest BCUT2D eigenvalue weighted by atomic mass is 32.2. The molecule has 1 aromatic rings. The molecule has 0 radical (unpaired) electrons. The van der Waals surface area contributed by atoms with E-state index in [0.29, 0.717) is 0 Å². The van der Waals surface area contributed by atoms with Crippen LogP contribution in [0.3, 0.4) is 0 Å². The maximum absolute atomic E-state index is 12.5. The van der Waals surface area contributed by atoms with Crippen molar-refractivity contribution in [2.75, 3.05) is 0 Å². The third-order valence-electron chi connectivity index (χ3n) is 1.77. The summed E-state index contributed by atoms with van der Waals surface area (Å²) in [6.07, 6.45) is -6.57. The third kappa shape index (κ3) is 3.27. The molecule has 0 saturated heterocycles. The van der Waals surface area contributed by atoms with Crippen molar-refractivity contribution in [3.8, 4) is 0 Å². The van der Waals surface area contributed by atoms with Gasteiger partial charge in [0.15, 0.2) is 0 Å². The molecule has 0 spiro atoms. The normalized spacial score (nSPS) is 15.8. The highest BCUT2D eigenvalue weighted by molar-refractivity contribution is 7.77. The minimum Gasteiger partial charge on any atom is -0.760 e. The molecule has 0 saturated carbocycles. The fourth-order valence-corrected chi connectivity index (χ4v) is 1.46. The molecule has 0 aliphatic carbocycles. The second-order valence-corrected chi connectivity index (χ2v) is 3.55. The molecule has 16 heavy (non-hydrogen) atoms. The lowest BCUT2D eigenvalue weighted by molar-refractivity contribution is -0.139. The molecule has 90 valence electrons. The van der Waals surface area contributed by atoms with Crippen LogP contribution >= 0.6 is 0 Å². The van der Waals surface area contributed by atoms with Crippen LogP contribution in [0, 0.1) is 0 Å². The monoisotopic (exact) mass is 254 g/mol. The molecule has 0 aliphatic heterocycles. The fourth-order valence-electron chi connectivity index (χ4n) is 1.15. The Morgan fingerprint density at radius 1 is 1.38 bits per heavy atom. The van der Waals surface area contributed by atoms with E-state index in [4.69, 9.17) is 0 Å². The molecule has 0 bridgehead atoms. The van der Waals surface area contributed by atoms with Crippen LogP contribution in [0.4, 0.5) is 13.2 Å². The average molecular weight is 254 g/mol. The number of hydrogen-bond acceptors (Lipinski definition) is 3. The van der Waals surface area contributed by atoms with Gasteiger partial charge in [0.2, 0.25) is 0 Å². The number of hydrogen-bond donors (Lipinski definition) is 2. The molecule has 2 atom stereocenters. The first kappa shape index (κ1) is 13.1. The lowest BCUT2D eigenvalue weighted by Crippen LogP contribution is -2.25. The first-order valence-electron chi connectivity index (χ1n) is 4.02. The Morgan fingerprint density at radius 3 is 2.44 bits per heavy atom. The molecule has 0 fully saturated rings. The second-order valence-electron chi connectivity index (χ2n) is 2.84. The quantitative estimate of drug-likeness (QED) is 0.626. The molecule has 1 aromatic carbocycles. The molecule has 2 unspecified atom stereocenters. The summed E-state index contributed by atoms with van der Waals surface area (Å²) in [5, 5.41) is 9.23. The SMILES string of the molecule is O=S([O-])NC(O)c1ccccc1C(F)(F)F. The first-order chi connectivity index (χ1) is 7.32. The molecule has 2 N–H and O–H groups in total. The molecule has 4 nitrogen and oxygen atoms in total. The van der Waals surface area contributed by atoms with Gasteiger partial charge in [-0.05, 0) is 6.07 Å². The first-order valence-corrected chi connectivity index (χ1v) is 5.09. The van der Waals surface area contributed by atoms with Gasteiger partial charge in [-0.1, -0.05) is 18.2 Å². The predicted molar refractivity (Wildman–Crippen MR) is 48.5 cm³/mol. The van der Waals surface area contributed by atoms with Crippen molar-refractivity contribution in [1.29, 1.82) is 0 Å². The van der Waals surface area contributed by atoms with E-state index in [1.54, 1.807) is 4.72 Å². The topological polar surface area (TPSA) is 72.4 Å². The molecule has 0 amide bonds. The van der Waals surface area contributed by atoms with Crippen LogP contribution in [0.5, 0.6) is 0 Å². The van der Waals surface area contributed by atoms with E-state index in [9.17, 15) is 27.0 Å². The van der Waals surface area contributed by atoms with E-state index in [1.165, 1.54) is 6.07 Å². The van der Waals surface area contributed by atoms with Crippen LogP contribution in [0.2, 0.25) is 0 Å². The number of aliphatic hydroxyl groups is 1. The molecule has 1 rings (SSSR count). The van der Waals surface area contributed by atoms with E-state index >= 15 is 0 Å². The standard InChI is InChI=1S/C8H8F3NO3S/c9-8(10,11)6-4-2-1-3-5(6)7(13)12-16(14)15/h1-4,7,12-13H,(H,14,15)/p-1. The predicted octanol–water partition coefficient (Wildman–Crippen LogP) is 1.08. The van der Waals surface area contributed by atoms with Crippen molar-refractivity contribution in [1.82, 2.24) is 4.72 Å². The Morgan fingerprint density at radius 2 is 1.94 bits per heavy atom. The van der Waals surface area contributed by atoms with Gasteiger partial charge in [-0.25, -0.2) is 4.72 Å². The summed E-state index contributed by atoms with van der Waals surface area (Å²) in [5.41, 5.74) is -1.63. The maximum atomic E-state index is 12.5. The van der Waals surface area contributed by atoms with Crippen LogP contribution in [0.15, 0.2) is 24.3 Å². The zero-order chi connectivity index (χ0) is 12.3. The molecule has 0 heterocycles. The minimum absolute atomic E-state index is 0.542. The van der Waals surface area contributed by atoms with E-state index in [-0.39, 0.29) is 0 Å². The van der Waals surface area contributed by atoms with Crippen LogP contribution in [-0.2, 0) is 17.4 Å². The van der Waals surface area contributed by atoms with Gasteiger partial charge < -0.3 is 9.66 Å². The Bertz CT molecular complexity index is 396. The molecular formula is C8H7F3NO3S-. The van der Waals surface area contributed by atoms with Gasteiger partial charge >= 0.3 is 6.18 Å². The summed E-state index contributed by atoms with van der Waals surface area (Å²) in [4.78, 5) is 0. The molecular weight excluding hydrogens is 247 g/mol. The highest BCUT2D eigenvalue weighted by Crippen LogP contribution is 2.33. The smallest absolute Gasteiger partial charge is 0.416 e. The van der Waals surface area contributed by atoms with Crippen molar-refractivity contribution in [3.63, 3.8) is 0 Å². The summed E-state index contributed by atoms with van der Waals surface area (Å²) in [6.45, 7) is 0. The Balaban J connectivity index is 3.08. The molecule has 0 aliphatic rings. The van der Waals surface area contributed by atoms with Crippen molar-refractivity contribution in [3.05, 3.63) is 35.4 Å². The Kier molecular flexibility index (Phi) is 4.03. The third-order valence-corrected chi connectivity index (χ3v) is 2.18. The summed E-state index contributed by atoms with van der Waals surface area (Å²) in [6, 6.07) is 4.16. The molecule has 8 heteroatoms. The van der Waals surface area contributed by atoms with Crippen molar-refractivity contribution in [2.45, 2.75) is 12.4 Å². The van der Waals surface area contributed by atoms with Crippen LogP contribution in [0.1, 0.15) is 17.4 Å². The zero-order valence-corrected chi connectivity index (χ0v) is 8.51. The lowest BCUT2D eigenvalue weighted by atomic mass is 10.1. The van der Waals surface area contributed by atoms with Gasteiger partial charge in [0.05, 0.1) is 5.56 Å². The molecule has 0 aromatic heterocycles. The number of rotatable bonds is 3. The van der Waals surface area contributed by atoms with Crippen molar-refractivity contribution >= 4 is 11.3 Å². The van der Waals surface area contributed by atoms with Crippen LogP contribution in [-0.4, -0.2) is 13.9 Å². The fraction of sp³-hybridized carbons (Fsp3) is 0.250. The second kappa shape index (κ2) is 4.91. The minimum atomic E-state index is -4.65. The van der Waals surface area contributed by atoms with Gasteiger partial charge in [-0.2, -0.15) is 13.2 Å². The number of halogens is 3. The average Bonchev–Trinajstić information content (AvgIpc) is 2.15.